The fourth-order valence-electron chi connectivity index (χ4n) is 2.81. The van der Waals surface area contributed by atoms with Crippen molar-refractivity contribution >= 4 is 0 Å². The van der Waals surface area contributed by atoms with Gasteiger partial charge < -0.3 is 5.73 Å². The lowest BCUT2D eigenvalue weighted by Gasteiger charge is -2.38. The van der Waals surface area contributed by atoms with E-state index in [2.05, 4.69) is 19.8 Å². The first-order valence-corrected chi connectivity index (χ1v) is 6.82. The van der Waals surface area contributed by atoms with Crippen LogP contribution in [0.1, 0.15) is 24.6 Å². The number of rotatable bonds is 4. The first kappa shape index (κ1) is 12.0. The number of piperazine rings is 1. The summed E-state index contributed by atoms with van der Waals surface area (Å²) in [5, 5.41) is 0. The maximum absolute atomic E-state index is 5.93. The molecule has 2 N–H and O–H groups in total. The molecule has 0 amide bonds. The highest BCUT2D eigenvalue weighted by atomic mass is 15.3. The van der Waals surface area contributed by atoms with E-state index >= 15 is 0 Å². The molecule has 2 aliphatic rings. The minimum absolute atomic E-state index is 0.245. The normalized spacial score (nSPS) is 24.1. The van der Waals surface area contributed by atoms with Crippen LogP contribution in [0, 0.1) is 0 Å². The fraction of sp³-hybridized carbons (Fsp3) is 0.692. The Labute approximate surface area is 108 Å². The standard InChI is InChI=1S/C13H21N5/c14-9-13(12-3-4-15-10-16-12)18-7-5-17(6-8-18)11-1-2-11/h3-4,10-11,13H,1-2,5-9,14H2. The van der Waals surface area contributed by atoms with Crippen molar-refractivity contribution < 1.29 is 0 Å². The highest BCUT2D eigenvalue weighted by molar-refractivity contribution is 5.06. The van der Waals surface area contributed by atoms with Gasteiger partial charge in [-0.1, -0.05) is 0 Å². The van der Waals surface area contributed by atoms with E-state index in [-0.39, 0.29) is 6.04 Å². The number of nitrogens with two attached hydrogens (primary N) is 1. The topological polar surface area (TPSA) is 58.3 Å². The van der Waals surface area contributed by atoms with Crippen LogP contribution in [0.5, 0.6) is 0 Å². The van der Waals surface area contributed by atoms with Crippen LogP contribution in [0.25, 0.3) is 0 Å². The van der Waals surface area contributed by atoms with Gasteiger partial charge in [-0.15, -0.1) is 0 Å². The average Bonchev–Trinajstić information content (AvgIpc) is 3.26. The third kappa shape index (κ3) is 2.53. The van der Waals surface area contributed by atoms with Crippen molar-refractivity contribution in [3.8, 4) is 0 Å². The first-order valence-electron chi connectivity index (χ1n) is 6.82. The molecule has 1 aliphatic heterocycles. The van der Waals surface area contributed by atoms with Crippen LogP contribution in [-0.4, -0.2) is 58.5 Å². The summed E-state index contributed by atoms with van der Waals surface area (Å²) < 4.78 is 0. The van der Waals surface area contributed by atoms with Crippen molar-refractivity contribution in [2.45, 2.75) is 24.9 Å². The zero-order valence-electron chi connectivity index (χ0n) is 10.7. The smallest absolute Gasteiger partial charge is 0.115 e. The summed E-state index contributed by atoms with van der Waals surface area (Å²) >= 11 is 0. The Morgan fingerprint density at radius 2 is 2.06 bits per heavy atom. The quantitative estimate of drug-likeness (QED) is 0.827. The Hall–Kier alpha value is -1.04. The molecule has 0 spiro atoms. The molecule has 2 heterocycles. The van der Waals surface area contributed by atoms with Crippen LogP contribution in [0.2, 0.25) is 0 Å². The molecule has 0 aromatic carbocycles. The van der Waals surface area contributed by atoms with E-state index in [1.807, 2.05) is 6.07 Å². The average molecular weight is 247 g/mol. The van der Waals surface area contributed by atoms with Crippen LogP contribution < -0.4 is 5.73 Å². The van der Waals surface area contributed by atoms with Gasteiger partial charge in [0.1, 0.15) is 6.33 Å². The lowest BCUT2D eigenvalue weighted by atomic mass is 10.1. The first-order chi connectivity index (χ1) is 8.88. The monoisotopic (exact) mass is 247 g/mol. The SMILES string of the molecule is NCC(c1ccncn1)N1CCN(C2CC2)CC1. The van der Waals surface area contributed by atoms with Gasteiger partial charge in [-0.05, 0) is 18.9 Å². The van der Waals surface area contributed by atoms with Gasteiger partial charge in [0.25, 0.3) is 0 Å². The molecule has 5 nitrogen and oxygen atoms in total. The zero-order valence-corrected chi connectivity index (χ0v) is 10.7. The third-order valence-electron chi connectivity index (χ3n) is 4.02. The lowest BCUT2D eigenvalue weighted by Crippen LogP contribution is -2.49. The van der Waals surface area contributed by atoms with Crippen molar-refractivity contribution in [2.24, 2.45) is 5.73 Å². The molecule has 18 heavy (non-hydrogen) atoms. The van der Waals surface area contributed by atoms with E-state index in [4.69, 9.17) is 5.73 Å². The van der Waals surface area contributed by atoms with Crippen LogP contribution in [0.4, 0.5) is 0 Å². The molecule has 1 saturated heterocycles. The summed E-state index contributed by atoms with van der Waals surface area (Å²) in [6.45, 7) is 5.17. The van der Waals surface area contributed by atoms with Crippen molar-refractivity contribution in [3.63, 3.8) is 0 Å². The van der Waals surface area contributed by atoms with Gasteiger partial charge in [-0.25, -0.2) is 9.97 Å². The van der Waals surface area contributed by atoms with Gasteiger partial charge in [-0.3, -0.25) is 9.80 Å². The van der Waals surface area contributed by atoms with Crippen LogP contribution in [0.3, 0.4) is 0 Å². The van der Waals surface area contributed by atoms with Crippen LogP contribution in [0.15, 0.2) is 18.6 Å². The van der Waals surface area contributed by atoms with Crippen molar-refractivity contribution in [1.82, 2.24) is 19.8 Å². The number of hydrogen-bond donors (Lipinski definition) is 1. The summed E-state index contributed by atoms with van der Waals surface area (Å²) in [7, 11) is 0. The van der Waals surface area contributed by atoms with Gasteiger partial charge in [0.2, 0.25) is 0 Å². The molecule has 1 aromatic rings. The third-order valence-corrected chi connectivity index (χ3v) is 4.02. The summed E-state index contributed by atoms with van der Waals surface area (Å²) in [4.78, 5) is 13.4. The van der Waals surface area contributed by atoms with Gasteiger partial charge in [-0.2, -0.15) is 0 Å². The molecular formula is C13H21N5. The second-order valence-electron chi connectivity index (χ2n) is 5.19. The van der Waals surface area contributed by atoms with Crippen molar-refractivity contribution in [2.75, 3.05) is 32.7 Å². The van der Waals surface area contributed by atoms with E-state index < -0.39 is 0 Å². The van der Waals surface area contributed by atoms with Crippen LogP contribution >= 0.6 is 0 Å². The van der Waals surface area contributed by atoms with E-state index in [1.54, 1.807) is 12.5 Å². The Morgan fingerprint density at radius 3 is 2.61 bits per heavy atom. The summed E-state index contributed by atoms with van der Waals surface area (Å²) in [6, 6.07) is 3.10. The molecular weight excluding hydrogens is 226 g/mol. The fourth-order valence-corrected chi connectivity index (χ4v) is 2.81. The molecule has 0 bridgehead atoms. The molecule has 1 aromatic heterocycles. The Morgan fingerprint density at radius 1 is 1.28 bits per heavy atom. The maximum atomic E-state index is 5.93. The predicted octanol–water partition coefficient (Wildman–Crippen LogP) is 0.256. The Balaban J connectivity index is 1.62. The highest BCUT2D eigenvalue weighted by Crippen LogP contribution is 2.28. The molecule has 98 valence electrons. The van der Waals surface area contributed by atoms with Gasteiger partial charge in [0.05, 0.1) is 11.7 Å². The molecule has 1 unspecified atom stereocenters. The summed E-state index contributed by atoms with van der Waals surface area (Å²) in [5.74, 6) is 0. The lowest BCUT2D eigenvalue weighted by molar-refractivity contribution is 0.0922. The van der Waals surface area contributed by atoms with E-state index in [9.17, 15) is 0 Å². The van der Waals surface area contributed by atoms with E-state index in [0.717, 1.165) is 24.8 Å². The predicted molar refractivity (Wildman–Crippen MR) is 70.0 cm³/mol. The molecule has 1 atom stereocenters. The molecule has 5 heteroatoms. The molecule has 3 rings (SSSR count). The number of aromatic nitrogens is 2. The molecule has 2 fully saturated rings. The second kappa shape index (κ2) is 5.30. The minimum Gasteiger partial charge on any atom is -0.329 e. The van der Waals surface area contributed by atoms with Crippen molar-refractivity contribution in [3.05, 3.63) is 24.3 Å². The highest BCUT2D eigenvalue weighted by Gasteiger charge is 2.33. The van der Waals surface area contributed by atoms with Gasteiger partial charge in [0, 0.05) is 45.0 Å². The van der Waals surface area contributed by atoms with Crippen LogP contribution in [-0.2, 0) is 0 Å². The number of nitrogens with zero attached hydrogens (tertiary/aromatic N) is 4. The van der Waals surface area contributed by atoms with Gasteiger partial charge in [0.15, 0.2) is 0 Å². The summed E-state index contributed by atoms with van der Waals surface area (Å²) in [6.07, 6.45) is 6.20. The van der Waals surface area contributed by atoms with E-state index in [1.165, 1.54) is 25.9 Å². The second-order valence-corrected chi connectivity index (χ2v) is 5.19. The molecule has 1 saturated carbocycles. The summed E-state index contributed by atoms with van der Waals surface area (Å²) in [5.41, 5.74) is 6.98. The molecule has 0 radical (unpaired) electrons. The Kier molecular flexibility index (Phi) is 3.54. The van der Waals surface area contributed by atoms with Gasteiger partial charge >= 0.3 is 0 Å². The zero-order chi connectivity index (χ0) is 12.4. The largest absolute Gasteiger partial charge is 0.329 e. The maximum Gasteiger partial charge on any atom is 0.115 e. The molecule has 1 aliphatic carbocycles. The number of hydrogen-bond acceptors (Lipinski definition) is 5. The minimum atomic E-state index is 0.245. The van der Waals surface area contributed by atoms with E-state index in [0.29, 0.717) is 6.54 Å². The van der Waals surface area contributed by atoms with Crippen molar-refractivity contribution in [1.29, 1.82) is 0 Å². The Bertz CT molecular complexity index is 370.